The number of amides is 1. The second-order valence-corrected chi connectivity index (χ2v) is 5.63. The van der Waals surface area contributed by atoms with Gasteiger partial charge >= 0.3 is 0 Å². The molecule has 0 bridgehead atoms. The van der Waals surface area contributed by atoms with Gasteiger partial charge in [-0.15, -0.1) is 0 Å². The van der Waals surface area contributed by atoms with Crippen LogP contribution in [0.15, 0.2) is 36.7 Å². The molecule has 1 unspecified atom stereocenters. The molecule has 1 atom stereocenters. The van der Waals surface area contributed by atoms with E-state index < -0.39 is 12.0 Å². The molecule has 6 nitrogen and oxygen atoms in total. The lowest BCUT2D eigenvalue weighted by molar-refractivity contribution is 0.0998. The molecule has 4 N–H and O–H groups in total. The van der Waals surface area contributed by atoms with Gasteiger partial charge in [0, 0.05) is 17.1 Å². The Hall–Kier alpha value is -2.73. The number of benzene rings is 1. The van der Waals surface area contributed by atoms with Gasteiger partial charge < -0.3 is 10.8 Å². The first kappa shape index (κ1) is 15.2. The number of hydrogen-bond donors (Lipinski definition) is 3. The Morgan fingerprint density at radius 2 is 2.17 bits per heavy atom. The van der Waals surface area contributed by atoms with Crippen molar-refractivity contribution in [3.05, 3.63) is 47.9 Å². The van der Waals surface area contributed by atoms with Gasteiger partial charge in [0.15, 0.2) is 0 Å². The monoisotopic (exact) mass is 310 g/mol. The van der Waals surface area contributed by atoms with Crippen molar-refractivity contribution in [3.63, 3.8) is 0 Å². The van der Waals surface area contributed by atoms with E-state index in [1.165, 1.54) is 0 Å². The summed E-state index contributed by atoms with van der Waals surface area (Å²) in [6.45, 7) is 1.71. The van der Waals surface area contributed by atoms with Gasteiger partial charge in [-0.1, -0.05) is 6.07 Å². The highest BCUT2D eigenvalue weighted by Gasteiger charge is 2.13. The summed E-state index contributed by atoms with van der Waals surface area (Å²) in [5.74, 6) is -0.506. The van der Waals surface area contributed by atoms with E-state index in [0.29, 0.717) is 24.1 Å². The lowest BCUT2D eigenvalue weighted by atomic mass is 10.0. The third-order valence-corrected chi connectivity index (χ3v) is 3.79. The Labute approximate surface area is 133 Å². The SMILES string of the molecule is CC(O)CCc1nc2ccc(-c3cn[nH]c3)cc2cc1C(N)=O. The highest BCUT2D eigenvalue weighted by Crippen LogP contribution is 2.25. The van der Waals surface area contributed by atoms with Crippen molar-refractivity contribution in [1.82, 2.24) is 15.2 Å². The molecule has 1 amide bonds. The van der Waals surface area contributed by atoms with Crippen LogP contribution in [0.4, 0.5) is 0 Å². The minimum Gasteiger partial charge on any atom is -0.393 e. The number of carbonyl (C=O) groups excluding carboxylic acids is 1. The molecule has 1 aromatic carbocycles. The van der Waals surface area contributed by atoms with Gasteiger partial charge in [-0.05, 0) is 43.5 Å². The lowest BCUT2D eigenvalue weighted by Gasteiger charge is -2.10. The summed E-state index contributed by atoms with van der Waals surface area (Å²) < 4.78 is 0. The number of nitrogens with one attached hydrogen (secondary N) is 1. The maximum absolute atomic E-state index is 11.7. The van der Waals surface area contributed by atoms with Crippen molar-refractivity contribution in [1.29, 1.82) is 0 Å². The molecular formula is C17H18N4O2. The Morgan fingerprint density at radius 3 is 2.83 bits per heavy atom. The quantitative estimate of drug-likeness (QED) is 0.670. The minimum absolute atomic E-state index is 0.405. The molecular weight excluding hydrogens is 292 g/mol. The number of aryl methyl sites for hydroxylation is 1. The molecule has 3 rings (SSSR count). The molecule has 0 aliphatic heterocycles. The van der Waals surface area contributed by atoms with Crippen LogP contribution in [0.5, 0.6) is 0 Å². The van der Waals surface area contributed by atoms with Crippen molar-refractivity contribution in [2.45, 2.75) is 25.9 Å². The van der Waals surface area contributed by atoms with Crippen LogP contribution >= 0.6 is 0 Å². The molecule has 2 aromatic heterocycles. The number of aliphatic hydroxyl groups is 1. The van der Waals surface area contributed by atoms with E-state index in [2.05, 4.69) is 15.2 Å². The first-order valence-corrected chi connectivity index (χ1v) is 7.45. The van der Waals surface area contributed by atoms with Gasteiger partial charge in [-0.25, -0.2) is 0 Å². The second kappa shape index (κ2) is 6.18. The third kappa shape index (κ3) is 3.22. The maximum atomic E-state index is 11.7. The summed E-state index contributed by atoms with van der Waals surface area (Å²) in [5.41, 5.74) is 9.26. The summed E-state index contributed by atoms with van der Waals surface area (Å²) in [4.78, 5) is 16.3. The molecule has 0 saturated carbocycles. The number of carbonyl (C=O) groups is 1. The van der Waals surface area contributed by atoms with Gasteiger partial charge in [0.1, 0.15) is 0 Å². The second-order valence-electron chi connectivity index (χ2n) is 5.63. The van der Waals surface area contributed by atoms with E-state index in [0.717, 1.165) is 22.0 Å². The number of fused-ring (bicyclic) bond motifs is 1. The van der Waals surface area contributed by atoms with Crippen molar-refractivity contribution in [2.24, 2.45) is 5.73 Å². The van der Waals surface area contributed by atoms with Gasteiger partial charge in [0.25, 0.3) is 5.91 Å². The maximum Gasteiger partial charge on any atom is 0.250 e. The standard InChI is InChI=1S/C17H18N4O2/c1-10(22)2-4-16-14(17(18)23)7-12-6-11(3-5-15(12)21-16)13-8-19-20-9-13/h3,5-10,22H,2,4H2,1H3,(H2,18,23)(H,19,20). The fourth-order valence-corrected chi connectivity index (χ4v) is 2.55. The molecule has 0 spiro atoms. The zero-order chi connectivity index (χ0) is 16.4. The topological polar surface area (TPSA) is 105 Å². The van der Waals surface area contributed by atoms with E-state index in [1.807, 2.05) is 18.2 Å². The highest BCUT2D eigenvalue weighted by atomic mass is 16.3. The summed E-state index contributed by atoms with van der Waals surface area (Å²) >= 11 is 0. The van der Waals surface area contributed by atoms with Crippen LogP contribution in [0.25, 0.3) is 22.0 Å². The summed E-state index contributed by atoms with van der Waals surface area (Å²) in [6.07, 6.45) is 4.14. The van der Waals surface area contributed by atoms with Crippen molar-refractivity contribution in [2.75, 3.05) is 0 Å². The van der Waals surface area contributed by atoms with E-state index in [4.69, 9.17) is 5.73 Å². The van der Waals surface area contributed by atoms with Crippen LogP contribution in [-0.4, -0.2) is 32.3 Å². The van der Waals surface area contributed by atoms with E-state index in [1.54, 1.807) is 25.4 Å². The fraction of sp³-hybridized carbons (Fsp3) is 0.235. The van der Waals surface area contributed by atoms with Crippen molar-refractivity contribution in [3.8, 4) is 11.1 Å². The first-order valence-electron chi connectivity index (χ1n) is 7.45. The first-order chi connectivity index (χ1) is 11.0. The van der Waals surface area contributed by atoms with Crippen LogP contribution in [0.3, 0.4) is 0 Å². The Balaban J connectivity index is 2.07. The number of aromatic amines is 1. The van der Waals surface area contributed by atoms with Crippen molar-refractivity contribution >= 4 is 16.8 Å². The predicted molar refractivity (Wildman–Crippen MR) is 87.8 cm³/mol. The van der Waals surface area contributed by atoms with E-state index in [9.17, 15) is 9.90 Å². The molecule has 118 valence electrons. The molecule has 6 heteroatoms. The zero-order valence-electron chi connectivity index (χ0n) is 12.8. The van der Waals surface area contributed by atoms with Crippen LogP contribution in [0.2, 0.25) is 0 Å². The number of pyridine rings is 1. The molecule has 3 aromatic rings. The fourth-order valence-electron chi connectivity index (χ4n) is 2.55. The smallest absolute Gasteiger partial charge is 0.250 e. The largest absolute Gasteiger partial charge is 0.393 e. The normalized spacial score (nSPS) is 12.4. The Morgan fingerprint density at radius 1 is 1.35 bits per heavy atom. The molecule has 23 heavy (non-hydrogen) atoms. The number of nitrogens with zero attached hydrogens (tertiary/aromatic N) is 2. The molecule has 0 fully saturated rings. The number of aliphatic hydroxyl groups excluding tert-OH is 1. The van der Waals surface area contributed by atoms with E-state index >= 15 is 0 Å². The number of rotatable bonds is 5. The average Bonchev–Trinajstić information content (AvgIpc) is 3.05. The average molecular weight is 310 g/mol. The molecule has 2 heterocycles. The summed E-state index contributed by atoms with van der Waals surface area (Å²) in [6, 6.07) is 7.60. The molecule has 0 radical (unpaired) electrons. The number of H-pyrrole nitrogens is 1. The lowest BCUT2D eigenvalue weighted by Crippen LogP contribution is -2.16. The zero-order valence-corrected chi connectivity index (χ0v) is 12.8. The van der Waals surface area contributed by atoms with Crippen LogP contribution in [0, 0.1) is 0 Å². The van der Waals surface area contributed by atoms with Crippen molar-refractivity contribution < 1.29 is 9.90 Å². The van der Waals surface area contributed by atoms with E-state index in [-0.39, 0.29) is 0 Å². The predicted octanol–water partition coefficient (Wildman–Crippen LogP) is 2.04. The van der Waals surface area contributed by atoms with Gasteiger partial charge in [0.2, 0.25) is 0 Å². The molecule has 0 saturated heterocycles. The number of hydrogen-bond acceptors (Lipinski definition) is 4. The van der Waals surface area contributed by atoms with Gasteiger partial charge in [-0.3, -0.25) is 14.9 Å². The highest BCUT2D eigenvalue weighted by molar-refractivity contribution is 5.98. The van der Waals surface area contributed by atoms with Gasteiger partial charge in [0.05, 0.1) is 29.1 Å². The summed E-state index contributed by atoms with van der Waals surface area (Å²) in [7, 11) is 0. The Kier molecular flexibility index (Phi) is 4.08. The molecule has 0 aliphatic carbocycles. The number of aromatic nitrogens is 3. The third-order valence-electron chi connectivity index (χ3n) is 3.79. The number of nitrogens with two attached hydrogens (primary N) is 1. The Bertz CT molecular complexity index is 841. The van der Waals surface area contributed by atoms with Crippen LogP contribution < -0.4 is 5.73 Å². The van der Waals surface area contributed by atoms with Crippen LogP contribution in [0.1, 0.15) is 29.4 Å². The molecule has 0 aliphatic rings. The number of primary amides is 1. The van der Waals surface area contributed by atoms with Gasteiger partial charge in [-0.2, -0.15) is 5.10 Å². The summed E-state index contributed by atoms with van der Waals surface area (Å²) in [5, 5.41) is 17.0. The van der Waals surface area contributed by atoms with Crippen LogP contribution in [-0.2, 0) is 6.42 Å². The minimum atomic E-state index is -0.506.